The highest BCUT2D eigenvalue weighted by molar-refractivity contribution is 9.10. The first-order valence-corrected chi connectivity index (χ1v) is 8.93. The highest BCUT2D eigenvalue weighted by Gasteiger charge is 2.14. The Kier molecular flexibility index (Phi) is 5.21. The third kappa shape index (κ3) is 3.62. The molecule has 5 heteroatoms. The number of aliphatic hydroxyl groups is 1. The zero-order valence-electron chi connectivity index (χ0n) is 13.9. The summed E-state index contributed by atoms with van der Waals surface area (Å²) in [6.07, 6.45) is 0.287. The maximum absolute atomic E-state index is 9.97. The van der Waals surface area contributed by atoms with E-state index in [1.807, 2.05) is 41.9 Å². The number of aryl methyl sites for hydroxylation is 2. The molecule has 3 rings (SSSR count). The van der Waals surface area contributed by atoms with Crippen molar-refractivity contribution in [2.24, 2.45) is 0 Å². The van der Waals surface area contributed by atoms with Gasteiger partial charge in [-0.05, 0) is 56.2 Å². The van der Waals surface area contributed by atoms with Crippen LogP contribution in [0.15, 0.2) is 46.9 Å². The maximum atomic E-state index is 9.97. The molecular weight excluding hydrogens is 368 g/mol. The normalized spacial score (nSPS) is 12.5. The molecule has 0 saturated carbocycles. The average Bonchev–Trinajstić information content (AvgIpc) is 2.93. The van der Waals surface area contributed by atoms with Crippen LogP contribution in [-0.2, 0) is 13.0 Å². The van der Waals surface area contributed by atoms with Gasteiger partial charge in [0.1, 0.15) is 5.75 Å². The largest absolute Gasteiger partial charge is 0.494 e. The lowest BCUT2D eigenvalue weighted by Gasteiger charge is -2.06. The standard InChI is InChI=1S/C19H21BrN2O2/c1-3-24-16-7-4-14(5-8-16)10-11-22-18-12-15(20)6-9-17(18)19(21-22)13(2)23/h4-9,12-13,23H,3,10-11H2,1-2H3. The van der Waals surface area contributed by atoms with Gasteiger partial charge in [0.25, 0.3) is 0 Å². The van der Waals surface area contributed by atoms with Crippen LogP contribution < -0.4 is 4.74 Å². The number of nitrogens with zero attached hydrogens (tertiary/aromatic N) is 2. The summed E-state index contributed by atoms with van der Waals surface area (Å²) in [6, 6.07) is 14.2. The van der Waals surface area contributed by atoms with Gasteiger partial charge in [-0.1, -0.05) is 28.1 Å². The first-order valence-electron chi connectivity index (χ1n) is 8.14. The molecule has 0 fully saturated rings. The molecule has 1 unspecified atom stereocenters. The van der Waals surface area contributed by atoms with Crippen LogP contribution in [-0.4, -0.2) is 21.5 Å². The summed E-state index contributed by atoms with van der Waals surface area (Å²) >= 11 is 3.51. The molecule has 0 aliphatic heterocycles. The summed E-state index contributed by atoms with van der Waals surface area (Å²) < 4.78 is 8.45. The van der Waals surface area contributed by atoms with Crippen LogP contribution in [0.2, 0.25) is 0 Å². The topological polar surface area (TPSA) is 47.3 Å². The SMILES string of the molecule is CCOc1ccc(CCn2nc(C(C)O)c3ccc(Br)cc32)cc1. The predicted octanol–water partition coefficient (Wildman–Crippen LogP) is 4.49. The smallest absolute Gasteiger partial charge is 0.119 e. The molecule has 1 N–H and O–H groups in total. The molecule has 2 aromatic carbocycles. The van der Waals surface area contributed by atoms with Crippen molar-refractivity contribution in [1.29, 1.82) is 0 Å². The molecule has 3 aromatic rings. The lowest BCUT2D eigenvalue weighted by atomic mass is 10.1. The first kappa shape index (κ1) is 17.0. The molecule has 0 amide bonds. The number of benzene rings is 2. The molecule has 1 aromatic heterocycles. The number of hydrogen-bond acceptors (Lipinski definition) is 3. The van der Waals surface area contributed by atoms with Crippen molar-refractivity contribution in [2.75, 3.05) is 6.61 Å². The van der Waals surface area contributed by atoms with E-state index >= 15 is 0 Å². The van der Waals surface area contributed by atoms with Gasteiger partial charge in [-0.15, -0.1) is 0 Å². The summed E-state index contributed by atoms with van der Waals surface area (Å²) in [5, 5.41) is 15.6. The van der Waals surface area contributed by atoms with E-state index < -0.39 is 6.10 Å². The minimum absolute atomic E-state index is 0.583. The van der Waals surface area contributed by atoms with Gasteiger partial charge in [-0.25, -0.2) is 0 Å². The van der Waals surface area contributed by atoms with Crippen molar-refractivity contribution in [3.63, 3.8) is 0 Å². The van der Waals surface area contributed by atoms with E-state index in [1.165, 1.54) is 5.56 Å². The monoisotopic (exact) mass is 388 g/mol. The highest BCUT2D eigenvalue weighted by Crippen LogP contribution is 2.27. The van der Waals surface area contributed by atoms with Crippen molar-refractivity contribution >= 4 is 26.8 Å². The second-order valence-corrected chi connectivity index (χ2v) is 6.69. The molecule has 0 saturated heterocycles. The number of fused-ring (bicyclic) bond motifs is 1. The van der Waals surface area contributed by atoms with E-state index in [0.29, 0.717) is 6.61 Å². The molecule has 0 radical (unpaired) electrons. The lowest BCUT2D eigenvalue weighted by Crippen LogP contribution is -2.04. The van der Waals surface area contributed by atoms with Gasteiger partial charge < -0.3 is 9.84 Å². The maximum Gasteiger partial charge on any atom is 0.119 e. The van der Waals surface area contributed by atoms with Gasteiger partial charge in [0.05, 0.1) is 23.9 Å². The van der Waals surface area contributed by atoms with E-state index in [1.54, 1.807) is 6.92 Å². The van der Waals surface area contributed by atoms with Crippen molar-refractivity contribution in [2.45, 2.75) is 32.9 Å². The molecule has 0 aliphatic carbocycles. The summed E-state index contributed by atoms with van der Waals surface area (Å²) in [5.41, 5.74) is 2.99. The van der Waals surface area contributed by atoms with E-state index in [-0.39, 0.29) is 0 Å². The fraction of sp³-hybridized carbons (Fsp3) is 0.316. The number of ether oxygens (including phenoxy) is 1. The van der Waals surface area contributed by atoms with Gasteiger partial charge in [-0.3, -0.25) is 4.68 Å². The van der Waals surface area contributed by atoms with Gasteiger partial charge in [0.15, 0.2) is 0 Å². The highest BCUT2D eigenvalue weighted by atomic mass is 79.9. The molecule has 126 valence electrons. The molecular formula is C19H21BrN2O2. The molecule has 0 spiro atoms. The van der Waals surface area contributed by atoms with Gasteiger partial charge in [-0.2, -0.15) is 5.10 Å². The average molecular weight is 389 g/mol. The van der Waals surface area contributed by atoms with E-state index in [0.717, 1.165) is 39.8 Å². The quantitative estimate of drug-likeness (QED) is 0.676. The van der Waals surface area contributed by atoms with Crippen LogP contribution in [0.25, 0.3) is 10.9 Å². The Balaban J connectivity index is 1.83. The predicted molar refractivity (Wildman–Crippen MR) is 99.4 cm³/mol. The summed E-state index contributed by atoms with van der Waals surface area (Å²) in [7, 11) is 0. The summed E-state index contributed by atoms with van der Waals surface area (Å²) in [4.78, 5) is 0. The molecule has 24 heavy (non-hydrogen) atoms. The van der Waals surface area contributed by atoms with Crippen molar-refractivity contribution in [1.82, 2.24) is 9.78 Å². The number of hydrogen-bond donors (Lipinski definition) is 1. The second-order valence-electron chi connectivity index (χ2n) is 5.77. The zero-order chi connectivity index (χ0) is 17.1. The Bertz CT molecular complexity index is 825. The van der Waals surface area contributed by atoms with E-state index in [9.17, 15) is 5.11 Å². The van der Waals surface area contributed by atoms with Crippen molar-refractivity contribution in [3.05, 3.63) is 58.2 Å². The number of halogens is 1. The Morgan fingerprint density at radius 3 is 2.62 bits per heavy atom. The molecule has 1 atom stereocenters. The molecule has 1 heterocycles. The van der Waals surface area contributed by atoms with Gasteiger partial charge in [0, 0.05) is 16.4 Å². The Morgan fingerprint density at radius 2 is 1.96 bits per heavy atom. The van der Waals surface area contributed by atoms with E-state index in [2.05, 4.69) is 33.2 Å². The van der Waals surface area contributed by atoms with Gasteiger partial charge in [0.2, 0.25) is 0 Å². The second kappa shape index (κ2) is 7.36. The third-order valence-electron chi connectivity index (χ3n) is 3.98. The summed E-state index contributed by atoms with van der Waals surface area (Å²) in [5.74, 6) is 0.895. The molecule has 4 nitrogen and oxygen atoms in total. The van der Waals surface area contributed by atoms with Crippen molar-refractivity contribution in [3.8, 4) is 5.75 Å². The van der Waals surface area contributed by atoms with Crippen LogP contribution in [0.4, 0.5) is 0 Å². The van der Waals surface area contributed by atoms with Crippen LogP contribution >= 0.6 is 15.9 Å². The number of rotatable bonds is 6. The Labute approximate surface area is 150 Å². The Hall–Kier alpha value is -1.85. The number of aliphatic hydroxyl groups excluding tert-OH is 1. The lowest BCUT2D eigenvalue weighted by molar-refractivity contribution is 0.194. The van der Waals surface area contributed by atoms with Crippen molar-refractivity contribution < 1.29 is 9.84 Å². The molecule has 0 bridgehead atoms. The minimum Gasteiger partial charge on any atom is -0.494 e. The fourth-order valence-electron chi connectivity index (χ4n) is 2.81. The number of aromatic nitrogens is 2. The summed E-state index contributed by atoms with van der Waals surface area (Å²) in [6.45, 7) is 5.17. The minimum atomic E-state index is -0.583. The van der Waals surface area contributed by atoms with Crippen LogP contribution in [0.1, 0.15) is 31.2 Å². The fourth-order valence-corrected chi connectivity index (χ4v) is 3.15. The van der Waals surface area contributed by atoms with Crippen LogP contribution in [0.5, 0.6) is 5.75 Å². The first-order chi connectivity index (χ1) is 11.6. The third-order valence-corrected chi connectivity index (χ3v) is 4.48. The van der Waals surface area contributed by atoms with Gasteiger partial charge >= 0.3 is 0 Å². The zero-order valence-corrected chi connectivity index (χ0v) is 15.5. The molecule has 0 aliphatic rings. The van der Waals surface area contributed by atoms with Crippen LogP contribution in [0, 0.1) is 0 Å². The van der Waals surface area contributed by atoms with Crippen LogP contribution in [0.3, 0.4) is 0 Å². The Morgan fingerprint density at radius 1 is 1.21 bits per heavy atom. The van der Waals surface area contributed by atoms with E-state index in [4.69, 9.17) is 4.74 Å².